The summed E-state index contributed by atoms with van der Waals surface area (Å²) in [6, 6.07) is 7.25. The van der Waals surface area contributed by atoms with Crippen molar-refractivity contribution in [2.75, 3.05) is 18.5 Å². The number of carbonyl (C=O) groups is 1. The summed E-state index contributed by atoms with van der Waals surface area (Å²) in [4.78, 5) is 20.7. The summed E-state index contributed by atoms with van der Waals surface area (Å²) in [5, 5.41) is 14.2. The third-order valence-electron chi connectivity index (χ3n) is 4.00. The minimum absolute atomic E-state index is 0.114. The van der Waals surface area contributed by atoms with Gasteiger partial charge in [0.05, 0.1) is 12.3 Å². The molecule has 0 spiro atoms. The SMILES string of the molecule is Cc1cc(OCCCO)cc(C)c1-c1csc(NC(=O)c2ccncc2)n1. The number of rotatable bonds is 7. The third-order valence-corrected chi connectivity index (χ3v) is 4.76. The molecule has 0 aliphatic heterocycles. The molecule has 1 aromatic carbocycles. The molecule has 0 fully saturated rings. The van der Waals surface area contributed by atoms with Gasteiger partial charge in [-0.15, -0.1) is 11.3 Å². The number of hydrogen-bond donors (Lipinski definition) is 2. The van der Waals surface area contributed by atoms with Crippen molar-refractivity contribution in [3.8, 4) is 17.0 Å². The molecule has 0 saturated carbocycles. The van der Waals surface area contributed by atoms with Crippen molar-refractivity contribution in [1.29, 1.82) is 0 Å². The molecule has 0 radical (unpaired) electrons. The van der Waals surface area contributed by atoms with Crippen LogP contribution < -0.4 is 10.1 Å². The first-order chi connectivity index (χ1) is 13.1. The van der Waals surface area contributed by atoms with Gasteiger partial charge < -0.3 is 9.84 Å². The Hall–Kier alpha value is -2.77. The number of ether oxygens (including phenoxy) is 1. The van der Waals surface area contributed by atoms with Gasteiger partial charge in [0.2, 0.25) is 0 Å². The van der Waals surface area contributed by atoms with Gasteiger partial charge in [-0.2, -0.15) is 0 Å². The standard InChI is InChI=1S/C20H21N3O3S/c1-13-10-16(26-9-3-8-24)11-14(2)18(13)17-12-27-20(22-17)23-19(25)15-4-6-21-7-5-15/h4-7,10-12,24H,3,8-9H2,1-2H3,(H,22,23,25). The first-order valence-corrected chi connectivity index (χ1v) is 9.48. The fourth-order valence-electron chi connectivity index (χ4n) is 2.78. The number of nitrogens with zero attached hydrogens (tertiary/aromatic N) is 2. The number of aromatic nitrogens is 2. The van der Waals surface area contributed by atoms with Gasteiger partial charge in [0, 0.05) is 41.9 Å². The van der Waals surface area contributed by atoms with E-state index in [9.17, 15) is 4.79 Å². The number of anilines is 1. The van der Waals surface area contributed by atoms with Crippen molar-refractivity contribution in [2.45, 2.75) is 20.3 Å². The highest BCUT2D eigenvalue weighted by Gasteiger charge is 2.14. The van der Waals surface area contributed by atoms with Crippen LogP contribution in [0, 0.1) is 13.8 Å². The molecule has 140 valence electrons. The lowest BCUT2D eigenvalue weighted by Crippen LogP contribution is -2.11. The molecule has 3 rings (SSSR count). The Morgan fingerprint density at radius 1 is 1.22 bits per heavy atom. The van der Waals surface area contributed by atoms with Gasteiger partial charge >= 0.3 is 0 Å². The van der Waals surface area contributed by atoms with Crippen LogP contribution in [0.3, 0.4) is 0 Å². The molecule has 2 heterocycles. The number of amides is 1. The van der Waals surface area contributed by atoms with Gasteiger partial charge in [0.1, 0.15) is 5.75 Å². The Bertz CT molecular complexity index is 902. The number of hydrogen-bond acceptors (Lipinski definition) is 6. The van der Waals surface area contributed by atoms with Crippen molar-refractivity contribution in [1.82, 2.24) is 9.97 Å². The van der Waals surface area contributed by atoms with E-state index in [1.807, 2.05) is 31.4 Å². The highest BCUT2D eigenvalue weighted by molar-refractivity contribution is 7.14. The molecular weight excluding hydrogens is 362 g/mol. The van der Waals surface area contributed by atoms with Crippen molar-refractivity contribution in [2.24, 2.45) is 0 Å². The van der Waals surface area contributed by atoms with E-state index in [1.165, 1.54) is 11.3 Å². The quantitative estimate of drug-likeness (QED) is 0.606. The molecule has 7 heteroatoms. The number of nitrogens with one attached hydrogen (secondary N) is 1. The third kappa shape index (κ3) is 4.69. The van der Waals surface area contributed by atoms with Crippen LogP contribution in [-0.4, -0.2) is 34.2 Å². The highest BCUT2D eigenvalue weighted by Crippen LogP contribution is 2.33. The van der Waals surface area contributed by atoms with Crippen LogP contribution in [-0.2, 0) is 0 Å². The molecule has 3 aromatic rings. The maximum Gasteiger partial charge on any atom is 0.257 e. The number of benzene rings is 1. The fourth-order valence-corrected chi connectivity index (χ4v) is 3.48. The lowest BCUT2D eigenvalue weighted by Gasteiger charge is -2.12. The number of thiazole rings is 1. The summed E-state index contributed by atoms with van der Waals surface area (Å²) in [6.07, 6.45) is 3.77. The van der Waals surface area contributed by atoms with Crippen LogP contribution in [0.2, 0.25) is 0 Å². The summed E-state index contributed by atoms with van der Waals surface area (Å²) < 4.78 is 5.67. The molecule has 27 heavy (non-hydrogen) atoms. The molecule has 0 aliphatic carbocycles. The number of pyridine rings is 1. The minimum atomic E-state index is -0.209. The summed E-state index contributed by atoms with van der Waals surface area (Å²) in [5.74, 6) is 0.572. The van der Waals surface area contributed by atoms with Crippen molar-refractivity contribution in [3.05, 3.63) is 58.7 Å². The average Bonchev–Trinajstić information content (AvgIpc) is 3.10. The Labute approximate surface area is 161 Å². The first kappa shape index (κ1) is 19.0. The maximum atomic E-state index is 12.3. The Balaban J connectivity index is 1.77. The Kier molecular flexibility index (Phi) is 6.16. The number of aliphatic hydroxyl groups is 1. The zero-order chi connectivity index (χ0) is 19.2. The molecular formula is C20H21N3O3S. The highest BCUT2D eigenvalue weighted by atomic mass is 32.1. The van der Waals surface area contributed by atoms with Gasteiger partial charge in [-0.3, -0.25) is 15.1 Å². The summed E-state index contributed by atoms with van der Waals surface area (Å²) >= 11 is 1.39. The van der Waals surface area contributed by atoms with E-state index >= 15 is 0 Å². The smallest absolute Gasteiger partial charge is 0.257 e. The van der Waals surface area contributed by atoms with Crippen molar-refractivity contribution in [3.63, 3.8) is 0 Å². The Morgan fingerprint density at radius 3 is 2.59 bits per heavy atom. The molecule has 2 aromatic heterocycles. The monoisotopic (exact) mass is 383 g/mol. The van der Waals surface area contributed by atoms with E-state index < -0.39 is 0 Å². The fraction of sp³-hybridized carbons (Fsp3) is 0.250. The van der Waals surface area contributed by atoms with Gasteiger partial charge in [-0.25, -0.2) is 4.98 Å². The molecule has 0 aliphatic rings. The lowest BCUT2D eigenvalue weighted by molar-refractivity contribution is 0.102. The number of carbonyl (C=O) groups excluding carboxylic acids is 1. The van der Waals surface area contributed by atoms with Crippen LogP contribution in [0.4, 0.5) is 5.13 Å². The van der Waals surface area contributed by atoms with E-state index in [0.717, 1.165) is 28.1 Å². The van der Waals surface area contributed by atoms with Gasteiger partial charge in [0.15, 0.2) is 5.13 Å². The van der Waals surface area contributed by atoms with Gasteiger partial charge in [-0.05, 0) is 49.2 Å². The van der Waals surface area contributed by atoms with Gasteiger partial charge in [-0.1, -0.05) is 0 Å². The topological polar surface area (TPSA) is 84.3 Å². The second-order valence-electron chi connectivity index (χ2n) is 6.09. The number of aliphatic hydroxyl groups excluding tert-OH is 1. The predicted molar refractivity (Wildman–Crippen MR) is 106 cm³/mol. The normalized spacial score (nSPS) is 10.6. The predicted octanol–water partition coefficient (Wildman–Crippen LogP) is 3.84. The van der Waals surface area contributed by atoms with Crippen LogP contribution in [0.1, 0.15) is 27.9 Å². The average molecular weight is 383 g/mol. The Morgan fingerprint density at radius 2 is 1.93 bits per heavy atom. The summed E-state index contributed by atoms with van der Waals surface area (Å²) in [7, 11) is 0. The molecule has 0 unspecified atom stereocenters. The van der Waals surface area contributed by atoms with E-state index in [1.54, 1.807) is 24.5 Å². The second-order valence-corrected chi connectivity index (χ2v) is 6.94. The van der Waals surface area contributed by atoms with Crippen molar-refractivity contribution < 1.29 is 14.6 Å². The summed E-state index contributed by atoms with van der Waals surface area (Å²) in [6.45, 7) is 4.62. The van der Waals surface area contributed by atoms with Crippen LogP contribution in [0.25, 0.3) is 11.3 Å². The van der Waals surface area contributed by atoms with E-state index in [2.05, 4.69) is 15.3 Å². The molecule has 6 nitrogen and oxygen atoms in total. The lowest BCUT2D eigenvalue weighted by atomic mass is 10.0. The van der Waals surface area contributed by atoms with E-state index in [4.69, 9.17) is 9.84 Å². The zero-order valence-electron chi connectivity index (χ0n) is 15.2. The maximum absolute atomic E-state index is 12.3. The molecule has 2 N–H and O–H groups in total. The zero-order valence-corrected chi connectivity index (χ0v) is 16.0. The largest absolute Gasteiger partial charge is 0.493 e. The first-order valence-electron chi connectivity index (χ1n) is 8.60. The van der Waals surface area contributed by atoms with Crippen LogP contribution >= 0.6 is 11.3 Å². The molecule has 0 atom stereocenters. The van der Waals surface area contributed by atoms with Crippen LogP contribution in [0.15, 0.2) is 42.0 Å². The minimum Gasteiger partial charge on any atom is -0.493 e. The molecule has 1 amide bonds. The van der Waals surface area contributed by atoms with Gasteiger partial charge in [0.25, 0.3) is 5.91 Å². The molecule has 0 saturated heterocycles. The van der Waals surface area contributed by atoms with Crippen molar-refractivity contribution >= 4 is 22.4 Å². The summed E-state index contributed by atoms with van der Waals surface area (Å²) in [5.41, 5.74) is 4.49. The molecule has 0 bridgehead atoms. The van der Waals surface area contributed by atoms with E-state index in [-0.39, 0.29) is 12.5 Å². The van der Waals surface area contributed by atoms with E-state index in [0.29, 0.717) is 23.7 Å². The van der Waals surface area contributed by atoms with Crippen LogP contribution in [0.5, 0.6) is 5.75 Å². The number of aryl methyl sites for hydroxylation is 2. The second kappa shape index (κ2) is 8.75.